The molecule has 20 heavy (non-hydrogen) atoms. The number of carbonyl (C=O) groups excluding carboxylic acids is 1. The summed E-state index contributed by atoms with van der Waals surface area (Å²) >= 11 is 0. The van der Waals surface area contributed by atoms with E-state index >= 15 is 0 Å². The van der Waals surface area contributed by atoms with E-state index in [1.54, 1.807) is 6.20 Å². The average molecular weight is 271 g/mol. The van der Waals surface area contributed by atoms with Crippen molar-refractivity contribution in [3.8, 4) is 0 Å². The van der Waals surface area contributed by atoms with E-state index in [2.05, 4.69) is 15.6 Å². The third-order valence-electron chi connectivity index (χ3n) is 2.64. The van der Waals surface area contributed by atoms with Gasteiger partial charge in [-0.25, -0.2) is 0 Å². The van der Waals surface area contributed by atoms with Crippen molar-refractivity contribution >= 4 is 17.3 Å². The first-order valence-electron chi connectivity index (χ1n) is 6.29. The van der Waals surface area contributed by atoms with Crippen LogP contribution in [-0.2, 0) is 16.1 Å². The fourth-order valence-corrected chi connectivity index (χ4v) is 1.74. The van der Waals surface area contributed by atoms with E-state index in [9.17, 15) is 4.79 Å². The summed E-state index contributed by atoms with van der Waals surface area (Å²) in [6.07, 6.45) is 3.56. The fourth-order valence-electron chi connectivity index (χ4n) is 1.74. The minimum absolute atomic E-state index is 0.0489. The number of pyridine rings is 1. The number of rotatable bonds is 6. The predicted molar refractivity (Wildman–Crippen MR) is 78.5 cm³/mol. The Morgan fingerprint density at radius 2 is 2.10 bits per heavy atom. The normalized spacial score (nSPS) is 10.1. The lowest BCUT2D eigenvalue weighted by Gasteiger charge is -2.09. The molecular weight excluding hydrogens is 254 g/mol. The van der Waals surface area contributed by atoms with E-state index in [1.165, 1.54) is 7.11 Å². The van der Waals surface area contributed by atoms with Crippen LogP contribution in [0.5, 0.6) is 0 Å². The molecule has 0 saturated heterocycles. The van der Waals surface area contributed by atoms with Crippen LogP contribution in [0.4, 0.5) is 11.4 Å². The van der Waals surface area contributed by atoms with Crippen molar-refractivity contribution in [3.05, 3.63) is 54.4 Å². The first-order chi connectivity index (χ1) is 9.78. The van der Waals surface area contributed by atoms with E-state index < -0.39 is 0 Å². The number of amides is 1. The van der Waals surface area contributed by atoms with Crippen LogP contribution in [0.25, 0.3) is 0 Å². The van der Waals surface area contributed by atoms with Gasteiger partial charge in [-0.2, -0.15) is 0 Å². The van der Waals surface area contributed by atoms with Gasteiger partial charge in [0.25, 0.3) is 0 Å². The van der Waals surface area contributed by atoms with Gasteiger partial charge >= 0.3 is 0 Å². The fraction of sp³-hybridized carbons (Fsp3) is 0.200. The second kappa shape index (κ2) is 7.25. The van der Waals surface area contributed by atoms with Crippen LogP contribution in [0.3, 0.4) is 0 Å². The van der Waals surface area contributed by atoms with Crippen molar-refractivity contribution in [1.82, 2.24) is 4.98 Å². The minimum Gasteiger partial charge on any atom is -0.381 e. The molecular formula is C15H17N3O2. The Morgan fingerprint density at radius 1 is 1.25 bits per heavy atom. The maximum Gasteiger partial charge on any atom is 0.250 e. The third kappa shape index (κ3) is 4.37. The predicted octanol–water partition coefficient (Wildman–Crippen LogP) is 2.28. The lowest BCUT2D eigenvalue weighted by molar-refractivity contribution is -0.119. The highest BCUT2D eigenvalue weighted by Crippen LogP contribution is 2.15. The van der Waals surface area contributed by atoms with Gasteiger partial charge in [-0.05, 0) is 29.8 Å². The maximum absolute atomic E-state index is 11.4. The van der Waals surface area contributed by atoms with Crippen LogP contribution >= 0.6 is 0 Å². The van der Waals surface area contributed by atoms with Gasteiger partial charge in [-0.1, -0.05) is 12.1 Å². The van der Waals surface area contributed by atoms with Crippen LogP contribution in [0.2, 0.25) is 0 Å². The number of anilines is 2. The van der Waals surface area contributed by atoms with Gasteiger partial charge in [0.1, 0.15) is 6.61 Å². The number of carbonyl (C=O) groups is 1. The molecule has 0 radical (unpaired) electrons. The largest absolute Gasteiger partial charge is 0.381 e. The molecule has 1 aromatic heterocycles. The van der Waals surface area contributed by atoms with Gasteiger partial charge < -0.3 is 15.4 Å². The molecule has 1 heterocycles. The Balaban J connectivity index is 1.94. The number of nitrogens with zero attached hydrogens (tertiary/aromatic N) is 1. The lowest BCUT2D eigenvalue weighted by atomic mass is 10.2. The van der Waals surface area contributed by atoms with Crippen LogP contribution < -0.4 is 10.6 Å². The number of hydrogen-bond donors (Lipinski definition) is 2. The van der Waals surface area contributed by atoms with Crippen molar-refractivity contribution in [2.45, 2.75) is 6.54 Å². The van der Waals surface area contributed by atoms with Gasteiger partial charge in [-0.3, -0.25) is 9.78 Å². The topological polar surface area (TPSA) is 63.2 Å². The summed E-state index contributed by atoms with van der Waals surface area (Å²) < 4.78 is 4.78. The zero-order valence-electron chi connectivity index (χ0n) is 11.3. The summed E-state index contributed by atoms with van der Waals surface area (Å²) in [6, 6.07) is 11.5. The van der Waals surface area contributed by atoms with Crippen molar-refractivity contribution in [2.24, 2.45) is 0 Å². The Morgan fingerprint density at radius 3 is 2.85 bits per heavy atom. The Hall–Kier alpha value is -2.40. The molecule has 2 rings (SSSR count). The molecule has 1 aromatic carbocycles. The van der Waals surface area contributed by atoms with Crippen molar-refractivity contribution < 1.29 is 9.53 Å². The van der Waals surface area contributed by atoms with E-state index in [0.717, 1.165) is 16.9 Å². The number of hydrogen-bond acceptors (Lipinski definition) is 4. The van der Waals surface area contributed by atoms with E-state index in [0.29, 0.717) is 6.54 Å². The molecule has 2 N–H and O–H groups in total. The second-order valence-corrected chi connectivity index (χ2v) is 4.28. The SMILES string of the molecule is COCC(=O)Nc1cccc(NCc2cccnc2)c1. The van der Waals surface area contributed by atoms with Crippen molar-refractivity contribution in [1.29, 1.82) is 0 Å². The van der Waals surface area contributed by atoms with Gasteiger partial charge in [-0.15, -0.1) is 0 Å². The number of ether oxygens (including phenoxy) is 1. The lowest BCUT2D eigenvalue weighted by Crippen LogP contribution is -2.17. The molecule has 0 atom stereocenters. The van der Waals surface area contributed by atoms with E-state index in [-0.39, 0.29) is 12.5 Å². The first-order valence-corrected chi connectivity index (χ1v) is 6.29. The Bertz CT molecular complexity index is 558. The van der Waals surface area contributed by atoms with Crippen LogP contribution in [-0.4, -0.2) is 24.6 Å². The van der Waals surface area contributed by atoms with Gasteiger partial charge in [0.15, 0.2) is 0 Å². The number of benzene rings is 1. The maximum atomic E-state index is 11.4. The third-order valence-corrected chi connectivity index (χ3v) is 2.64. The molecule has 0 unspecified atom stereocenters. The smallest absolute Gasteiger partial charge is 0.250 e. The first kappa shape index (κ1) is 14.0. The number of aromatic nitrogens is 1. The molecule has 5 heteroatoms. The highest BCUT2D eigenvalue weighted by atomic mass is 16.5. The molecule has 0 fully saturated rings. The van der Waals surface area contributed by atoms with E-state index in [1.807, 2.05) is 42.6 Å². The molecule has 1 amide bonds. The summed E-state index contributed by atoms with van der Waals surface area (Å²) in [5.74, 6) is -0.170. The quantitative estimate of drug-likeness (QED) is 0.846. The zero-order chi connectivity index (χ0) is 14.2. The summed E-state index contributed by atoms with van der Waals surface area (Å²) in [5, 5.41) is 6.05. The summed E-state index contributed by atoms with van der Waals surface area (Å²) in [7, 11) is 1.49. The zero-order valence-corrected chi connectivity index (χ0v) is 11.3. The molecule has 0 aliphatic rings. The van der Waals surface area contributed by atoms with E-state index in [4.69, 9.17) is 4.74 Å². The molecule has 0 spiro atoms. The summed E-state index contributed by atoms with van der Waals surface area (Å²) in [4.78, 5) is 15.5. The molecule has 104 valence electrons. The molecule has 0 aliphatic carbocycles. The second-order valence-electron chi connectivity index (χ2n) is 4.28. The summed E-state index contributed by atoms with van der Waals surface area (Å²) in [5.41, 5.74) is 2.77. The van der Waals surface area contributed by atoms with Gasteiger partial charge in [0.05, 0.1) is 0 Å². The number of methoxy groups -OCH3 is 1. The summed E-state index contributed by atoms with van der Waals surface area (Å²) in [6.45, 7) is 0.733. The van der Waals surface area contributed by atoms with Gasteiger partial charge in [0, 0.05) is 37.4 Å². The van der Waals surface area contributed by atoms with Gasteiger partial charge in [0.2, 0.25) is 5.91 Å². The molecule has 0 saturated carbocycles. The molecule has 0 aliphatic heterocycles. The molecule has 5 nitrogen and oxygen atoms in total. The van der Waals surface area contributed by atoms with Crippen LogP contribution in [0.1, 0.15) is 5.56 Å². The highest BCUT2D eigenvalue weighted by Gasteiger charge is 2.02. The van der Waals surface area contributed by atoms with Crippen molar-refractivity contribution in [3.63, 3.8) is 0 Å². The minimum atomic E-state index is -0.170. The molecule has 0 bridgehead atoms. The Labute approximate surface area is 118 Å². The monoisotopic (exact) mass is 271 g/mol. The standard InChI is InChI=1S/C15H17N3O2/c1-20-11-15(19)18-14-6-2-5-13(8-14)17-10-12-4-3-7-16-9-12/h2-9,17H,10-11H2,1H3,(H,18,19). The number of nitrogens with one attached hydrogen (secondary N) is 2. The van der Waals surface area contributed by atoms with Crippen LogP contribution in [0, 0.1) is 0 Å². The van der Waals surface area contributed by atoms with Crippen molar-refractivity contribution in [2.75, 3.05) is 24.4 Å². The Kier molecular flexibility index (Phi) is 5.08. The van der Waals surface area contributed by atoms with Crippen LogP contribution in [0.15, 0.2) is 48.8 Å². The average Bonchev–Trinajstić information content (AvgIpc) is 2.47. The molecule has 2 aromatic rings. The highest BCUT2D eigenvalue weighted by molar-refractivity contribution is 5.92.